The van der Waals surface area contributed by atoms with E-state index >= 15 is 0 Å². The Morgan fingerprint density at radius 1 is 1.20 bits per heavy atom. The molecule has 0 heterocycles. The van der Waals surface area contributed by atoms with Crippen LogP contribution in [0.5, 0.6) is 11.5 Å². The summed E-state index contributed by atoms with van der Waals surface area (Å²) in [5.74, 6) is -2.76. The number of aromatic hydroxyl groups is 1. The Morgan fingerprint density at radius 3 is 2.25 bits per heavy atom. The Morgan fingerprint density at radius 2 is 1.80 bits per heavy atom. The predicted octanol–water partition coefficient (Wildman–Crippen LogP) is -0.889. The largest absolute Gasteiger partial charge is 0.550 e. The zero-order chi connectivity index (χ0) is 15.5. The molecule has 0 unspecified atom stereocenters. The van der Waals surface area contributed by atoms with Crippen molar-refractivity contribution in [2.75, 3.05) is 6.61 Å². The molecule has 0 aliphatic carbocycles. The normalized spacial score (nSPS) is 11.2. The molecule has 0 saturated carbocycles. The van der Waals surface area contributed by atoms with Crippen LogP contribution in [-0.2, 0) is 21.4 Å². The van der Waals surface area contributed by atoms with Crippen LogP contribution in [0, 0.1) is 0 Å². The first-order chi connectivity index (χ1) is 9.12. The Bertz CT molecular complexity index is 527. The lowest BCUT2D eigenvalue weighted by Gasteiger charge is -2.26. The van der Waals surface area contributed by atoms with Crippen molar-refractivity contribution in [1.29, 1.82) is 0 Å². The molecule has 6 nitrogen and oxygen atoms in total. The number of carboxylic acids is 2. The van der Waals surface area contributed by atoms with Gasteiger partial charge in [0.15, 0.2) is 0 Å². The van der Waals surface area contributed by atoms with Crippen molar-refractivity contribution in [1.82, 2.24) is 0 Å². The van der Waals surface area contributed by atoms with Crippen molar-refractivity contribution in [2.24, 2.45) is 0 Å². The number of hydrogen-bond acceptors (Lipinski definition) is 6. The fraction of sp³-hybridized carbons (Fsp3) is 0.429. The van der Waals surface area contributed by atoms with Crippen molar-refractivity contribution in [3.05, 3.63) is 23.3 Å². The molecule has 0 amide bonds. The van der Waals surface area contributed by atoms with Gasteiger partial charge in [0.25, 0.3) is 0 Å². The smallest absolute Gasteiger partial charge is 0.128 e. The monoisotopic (exact) mass is 280 g/mol. The molecule has 6 heteroatoms. The van der Waals surface area contributed by atoms with Gasteiger partial charge in [0.1, 0.15) is 18.1 Å². The molecular formula is C14H16O6-2. The predicted molar refractivity (Wildman–Crippen MR) is 66.0 cm³/mol. The molecule has 0 aliphatic heterocycles. The number of phenolic OH excluding ortho intramolecular Hbond substituents is 1. The standard InChI is InChI=1S/C14H18O6/c1-14(2,3)13-8(6-11(16)17)10(5-4-9(13)15)20-7-12(18)19/h4-5,15H,6-7H2,1-3H3,(H,16,17)(H,18,19)/p-2. The summed E-state index contributed by atoms with van der Waals surface area (Å²) in [6.45, 7) is 4.69. The summed E-state index contributed by atoms with van der Waals surface area (Å²) in [5, 5.41) is 31.3. The van der Waals surface area contributed by atoms with Gasteiger partial charge in [-0.3, -0.25) is 0 Å². The van der Waals surface area contributed by atoms with Gasteiger partial charge in [0, 0.05) is 23.5 Å². The van der Waals surface area contributed by atoms with Crippen LogP contribution in [0.4, 0.5) is 0 Å². The number of carbonyl (C=O) groups is 2. The van der Waals surface area contributed by atoms with E-state index in [9.17, 15) is 24.9 Å². The Labute approximate surface area is 116 Å². The summed E-state index contributed by atoms with van der Waals surface area (Å²) < 4.78 is 5.03. The maximum absolute atomic E-state index is 10.9. The average molecular weight is 280 g/mol. The van der Waals surface area contributed by atoms with Crippen LogP contribution in [0.3, 0.4) is 0 Å². The number of aliphatic carboxylic acids is 2. The van der Waals surface area contributed by atoms with Crippen molar-refractivity contribution >= 4 is 11.9 Å². The topological polar surface area (TPSA) is 110 Å². The minimum atomic E-state index is -1.42. The van der Waals surface area contributed by atoms with Crippen molar-refractivity contribution in [2.45, 2.75) is 32.6 Å². The highest BCUT2D eigenvalue weighted by molar-refractivity contribution is 5.72. The molecule has 0 aliphatic rings. The van der Waals surface area contributed by atoms with Gasteiger partial charge >= 0.3 is 0 Å². The van der Waals surface area contributed by atoms with E-state index in [0.29, 0.717) is 5.56 Å². The maximum Gasteiger partial charge on any atom is 0.128 e. The van der Waals surface area contributed by atoms with Gasteiger partial charge in [-0.2, -0.15) is 0 Å². The number of rotatable bonds is 5. The second-order valence-electron chi connectivity index (χ2n) is 5.40. The van der Waals surface area contributed by atoms with Crippen molar-refractivity contribution in [3.8, 4) is 11.5 Å². The number of benzene rings is 1. The Hall–Kier alpha value is -2.24. The Balaban J connectivity index is 3.37. The second-order valence-corrected chi connectivity index (χ2v) is 5.40. The lowest BCUT2D eigenvalue weighted by Crippen LogP contribution is -2.30. The number of carboxylic acid groups (broad SMARTS) is 2. The molecule has 1 N–H and O–H groups in total. The van der Waals surface area contributed by atoms with Crippen molar-refractivity contribution in [3.63, 3.8) is 0 Å². The molecule has 0 spiro atoms. The van der Waals surface area contributed by atoms with Crippen LogP contribution in [0.2, 0.25) is 0 Å². The lowest BCUT2D eigenvalue weighted by atomic mass is 9.81. The summed E-state index contributed by atoms with van der Waals surface area (Å²) in [6.07, 6.45) is -0.483. The van der Waals surface area contributed by atoms with Crippen LogP contribution >= 0.6 is 0 Å². The molecule has 1 rings (SSSR count). The van der Waals surface area contributed by atoms with E-state index in [2.05, 4.69) is 0 Å². The van der Waals surface area contributed by atoms with Crippen LogP contribution in [0.15, 0.2) is 12.1 Å². The van der Waals surface area contributed by atoms with Crippen molar-refractivity contribution < 1.29 is 29.6 Å². The summed E-state index contributed by atoms with van der Waals surface area (Å²) >= 11 is 0. The number of phenols is 1. The van der Waals surface area contributed by atoms with Gasteiger partial charge in [-0.25, -0.2) is 0 Å². The van der Waals surface area contributed by atoms with E-state index < -0.39 is 30.4 Å². The van der Waals surface area contributed by atoms with E-state index in [0.717, 1.165) is 0 Å². The van der Waals surface area contributed by atoms with E-state index in [1.807, 2.05) is 0 Å². The first kappa shape index (κ1) is 15.8. The van der Waals surface area contributed by atoms with E-state index in [4.69, 9.17) is 4.74 Å². The highest BCUT2D eigenvalue weighted by Crippen LogP contribution is 2.38. The molecule has 110 valence electrons. The van der Waals surface area contributed by atoms with Gasteiger partial charge in [0.2, 0.25) is 0 Å². The molecule has 1 aromatic carbocycles. The second kappa shape index (κ2) is 5.81. The average Bonchev–Trinajstić information content (AvgIpc) is 2.25. The minimum Gasteiger partial charge on any atom is -0.550 e. The third-order valence-corrected chi connectivity index (χ3v) is 2.66. The van der Waals surface area contributed by atoms with Gasteiger partial charge in [-0.1, -0.05) is 20.8 Å². The van der Waals surface area contributed by atoms with E-state index in [1.165, 1.54) is 12.1 Å². The lowest BCUT2D eigenvalue weighted by molar-refractivity contribution is -0.307. The van der Waals surface area contributed by atoms with Crippen LogP contribution < -0.4 is 14.9 Å². The summed E-state index contributed by atoms with van der Waals surface area (Å²) in [5.41, 5.74) is 0.0479. The van der Waals surface area contributed by atoms with Crippen LogP contribution in [0.25, 0.3) is 0 Å². The summed E-state index contributed by atoms with van der Waals surface area (Å²) in [6, 6.07) is 2.66. The molecule has 0 atom stereocenters. The zero-order valence-electron chi connectivity index (χ0n) is 11.6. The third-order valence-electron chi connectivity index (χ3n) is 2.66. The molecule has 0 aromatic heterocycles. The molecule has 0 fully saturated rings. The quantitative estimate of drug-likeness (QED) is 0.749. The van der Waals surface area contributed by atoms with Gasteiger partial charge in [-0.15, -0.1) is 0 Å². The van der Waals surface area contributed by atoms with Gasteiger partial charge in [-0.05, 0) is 17.5 Å². The molecule has 1 aromatic rings. The first-order valence-electron chi connectivity index (χ1n) is 6.00. The third kappa shape index (κ3) is 3.88. The van der Waals surface area contributed by atoms with Gasteiger partial charge < -0.3 is 29.6 Å². The number of carbonyl (C=O) groups excluding carboxylic acids is 2. The highest BCUT2D eigenvalue weighted by atomic mass is 16.5. The van der Waals surface area contributed by atoms with E-state index in [-0.39, 0.29) is 17.1 Å². The first-order valence-corrected chi connectivity index (χ1v) is 6.00. The minimum absolute atomic E-state index is 0.0745. The van der Waals surface area contributed by atoms with Crippen LogP contribution in [-0.4, -0.2) is 23.7 Å². The summed E-state index contributed by atoms with van der Waals surface area (Å²) in [4.78, 5) is 21.3. The zero-order valence-corrected chi connectivity index (χ0v) is 11.6. The fourth-order valence-corrected chi connectivity index (χ4v) is 2.04. The molecule has 20 heavy (non-hydrogen) atoms. The van der Waals surface area contributed by atoms with Gasteiger partial charge in [0.05, 0.1) is 5.97 Å². The molecular weight excluding hydrogens is 264 g/mol. The highest BCUT2D eigenvalue weighted by Gasteiger charge is 2.25. The fourth-order valence-electron chi connectivity index (χ4n) is 2.04. The molecule has 0 radical (unpaired) electrons. The maximum atomic E-state index is 10.9. The Kier molecular flexibility index (Phi) is 4.60. The van der Waals surface area contributed by atoms with Crippen LogP contribution in [0.1, 0.15) is 31.9 Å². The number of ether oxygens (including phenoxy) is 1. The SMILES string of the molecule is CC(C)(C)c1c(O)ccc(OCC(=O)[O-])c1CC(=O)[O-]. The summed E-state index contributed by atoms with van der Waals surface area (Å²) in [7, 11) is 0. The number of hydrogen-bond donors (Lipinski definition) is 1. The van der Waals surface area contributed by atoms with E-state index in [1.54, 1.807) is 20.8 Å². The molecule has 0 bridgehead atoms. The molecule has 0 saturated heterocycles.